The number of ether oxygens (including phenoxy) is 1. The molecule has 0 aromatic rings. The van der Waals surface area contributed by atoms with Crippen LogP contribution in [0.4, 0.5) is 0 Å². The molecule has 1 unspecified atom stereocenters. The summed E-state index contributed by atoms with van der Waals surface area (Å²) in [4.78, 5) is 26.9. The Bertz CT molecular complexity index is 265. The zero-order valence-electron chi connectivity index (χ0n) is 12.2. The third kappa shape index (κ3) is 6.00. The number of hydrogen-bond donors (Lipinski definition) is 0. The summed E-state index contributed by atoms with van der Waals surface area (Å²) in [6.45, 7) is 9.80. The highest BCUT2D eigenvalue weighted by Gasteiger charge is 2.19. The van der Waals surface area contributed by atoms with Gasteiger partial charge in [0.05, 0.1) is 19.6 Å². The molecule has 0 aliphatic rings. The predicted molar refractivity (Wildman–Crippen MR) is 71.3 cm³/mol. The molecule has 0 bridgehead atoms. The molecule has 0 fully saturated rings. The first-order valence-electron chi connectivity index (χ1n) is 6.59. The SMILES string of the molecule is CCOC(=O)CC(C)N(C)CC(=O)N(CC)CC. The van der Waals surface area contributed by atoms with Crippen LogP contribution in [-0.4, -0.2) is 61.0 Å². The standard InChI is InChI=1S/C13H26N2O3/c1-6-15(7-2)12(16)10-14(5)11(4)9-13(17)18-8-3/h11H,6-10H2,1-5H3. The van der Waals surface area contributed by atoms with Gasteiger partial charge in [0.2, 0.25) is 5.91 Å². The first-order chi connectivity index (χ1) is 8.46. The van der Waals surface area contributed by atoms with Gasteiger partial charge in [-0.2, -0.15) is 0 Å². The van der Waals surface area contributed by atoms with E-state index in [1.807, 2.05) is 32.7 Å². The lowest BCUT2D eigenvalue weighted by molar-refractivity contribution is -0.145. The average Bonchev–Trinajstić information content (AvgIpc) is 2.30. The van der Waals surface area contributed by atoms with Gasteiger partial charge < -0.3 is 9.64 Å². The molecule has 1 amide bonds. The first-order valence-corrected chi connectivity index (χ1v) is 6.59. The lowest BCUT2D eigenvalue weighted by atomic mass is 10.2. The van der Waals surface area contributed by atoms with Gasteiger partial charge in [0.1, 0.15) is 0 Å². The number of likely N-dealkylation sites (N-methyl/N-ethyl adjacent to an activating group) is 2. The Balaban J connectivity index is 4.18. The number of carbonyl (C=O) groups is 2. The molecule has 0 aromatic heterocycles. The first kappa shape index (κ1) is 16.9. The zero-order valence-corrected chi connectivity index (χ0v) is 12.2. The number of esters is 1. The second kappa shape index (κ2) is 8.91. The largest absolute Gasteiger partial charge is 0.466 e. The zero-order chi connectivity index (χ0) is 14.1. The number of amides is 1. The van der Waals surface area contributed by atoms with E-state index in [1.165, 1.54) is 0 Å². The van der Waals surface area contributed by atoms with Gasteiger partial charge >= 0.3 is 5.97 Å². The molecular weight excluding hydrogens is 232 g/mol. The van der Waals surface area contributed by atoms with Crippen LogP contribution in [0.5, 0.6) is 0 Å². The molecule has 5 nitrogen and oxygen atoms in total. The molecule has 0 aliphatic carbocycles. The van der Waals surface area contributed by atoms with Crippen LogP contribution in [0, 0.1) is 0 Å². The number of nitrogens with zero attached hydrogens (tertiary/aromatic N) is 2. The monoisotopic (exact) mass is 258 g/mol. The van der Waals surface area contributed by atoms with Crippen molar-refractivity contribution >= 4 is 11.9 Å². The summed E-state index contributed by atoms with van der Waals surface area (Å²) >= 11 is 0. The fourth-order valence-corrected chi connectivity index (χ4v) is 1.66. The molecule has 0 saturated heterocycles. The second-order valence-electron chi connectivity index (χ2n) is 4.34. The van der Waals surface area contributed by atoms with Crippen LogP contribution >= 0.6 is 0 Å². The Hall–Kier alpha value is -1.10. The smallest absolute Gasteiger partial charge is 0.307 e. The highest BCUT2D eigenvalue weighted by molar-refractivity contribution is 5.78. The van der Waals surface area contributed by atoms with Crippen LogP contribution in [0.3, 0.4) is 0 Å². The summed E-state index contributed by atoms with van der Waals surface area (Å²) < 4.78 is 4.90. The maximum atomic E-state index is 11.9. The Morgan fingerprint density at radius 2 is 1.72 bits per heavy atom. The molecular formula is C13H26N2O3. The normalized spacial score (nSPS) is 12.3. The van der Waals surface area contributed by atoms with Crippen molar-refractivity contribution in [2.75, 3.05) is 33.3 Å². The molecule has 0 rings (SSSR count). The van der Waals surface area contributed by atoms with Gasteiger partial charge in [0, 0.05) is 19.1 Å². The van der Waals surface area contributed by atoms with Crippen molar-refractivity contribution in [2.45, 2.75) is 40.2 Å². The van der Waals surface area contributed by atoms with Crippen LogP contribution in [-0.2, 0) is 14.3 Å². The lowest BCUT2D eigenvalue weighted by Gasteiger charge is -2.26. The van der Waals surface area contributed by atoms with Crippen molar-refractivity contribution in [3.63, 3.8) is 0 Å². The minimum Gasteiger partial charge on any atom is -0.466 e. The van der Waals surface area contributed by atoms with Crippen molar-refractivity contribution < 1.29 is 14.3 Å². The summed E-state index contributed by atoms with van der Waals surface area (Å²) in [6.07, 6.45) is 0.315. The molecule has 0 saturated carbocycles. The van der Waals surface area contributed by atoms with Crippen molar-refractivity contribution in [1.82, 2.24) is 9.80 Å². The summed E-state index contributed by atoms with van der Waals surface area (Å²) in [5, 5.41) is 0. The van der Waals surface area contributed by atoms with Gasteiger partial charge in [-0.1, -0.05) is 0 Å². The van der Waals surface area contributed by atoms with Crippen LogP contribution < -0.4 is 0 Å². The van der Waals surface area contributed by atoms with E-state index in [2.05, 4.69) is 0 Å². The maximum absolute atomic E-state index is 11.9. The lowest BCUT2D eigenvalue weighted by Crippen LogP contribution is -2.42. The van der Waals surface area contributed by atoms with Crippen LogP contribution in [0.25, 0.3) is 0 Å². The Labute approximate surface area is 110 Å². The van der Waals surface area contributed by atoms with Crippen molar-refractivity contribution in [2.24, 2.45) is 0 Å². The van der Waals surface area contributed by atoms with Crippen LogP contribution in [0.1, 0.15) is 34.1 Å². The van der Waals surface area contributed by atoms with Crippen molar-refractivity contribution in [3.8, 4) is 0 Å². The van der Waals surface area contributed by atoms with E-state index in [9.17, 15) is 9.59 Å². The second-order valence-corrected chi connectivity index (χ2v) is 4.34. The third-order valence-corrected chi connectivity index (χ3v) is 3.02. The van der Waals surface area contributed by atoms with E-state index in [-0.39, 0.29) is 17.9 Å². The van der Waals surface area contributed by atoms with E-state index in [1.54, 1.807) is 11.8 Å². The predicted octanol–water partition coefficient (Wildman–Crippen LogP) is 1.13. The van der Waals surface area contributed by atoms with Crippen LogP contribution in [0.15, 0.2) is 0 Å². The fourth-order valence-electron chi connectivity index (χ4n) is 1.66. The molecule has 1 atom stereocenters. The third-order valence-electron chi connectivity index (χ3n) is 3.02. The number of carbonyl (C=O) groups excluding carboxylic acids is 2. The minimum absolute atomic E-state index is 0.00330. The van der Waals surface area contributed by atoms with Crippen molar-refractivity contribution in [3.05, 3.63) is 0 Å². The van der Waals surface area contributed by atoms with Gasteiger partial charge in [0.25, 0.3) is 0 Å². The highest BCUT2D eigenvalue weighted by Crippen LogP contribution is 2.03. The minimum atomic E-state index is -0.216. The molecule has 0 N–H and O–H groups in total. The van der Waals surface area contributed by atoms with E-state index in [4.69, 9.17) is 4.74 Å². The molecule has 0 aromatic carbocycles. The Morgan fingerprint density at radius 3 is 2.17 bits per heavy atom. The van der Waals surface area contributed by atoms with Crippen molar-refractivity contribution in [1.29, 1.82) is 0 Å². The molecule has 0 aliphatic heterocycles. The van der Waals surface area contributed by atoms with Gasteiger partial charge in [-0.15, -0.1) is 0 Å². The Morgan fingerprint density at radius 1 is 1.17 bits per heavy atom. The van der Waals surface area contributed by atoms with Gasteiger partial charge in [-0.05, 0) is 34.7 Å². The highest BCUT2D eigenvalue weighted by atomic mass is 16.5. The molecule has 106 valence electrons. The molecule has 5 heteroatoms. The maximum Gasteiger partial charge on any atom is 0.307 e. The quantitative estimate of drug-likeness (QED) is 0.612. The van der Waals surface area contributed by atoms with E-state index in [0.29, 0.717) is 19.6 Å². The summed E-state index contributed by atoms with van der Waals surface area (Å²) in [5.41, 5.74) is 0. The van der Waals surface area contributed by atoms with Crippen LogP contribution in [0.2, 0.25) is 0 Å². The Kier molecular flexibility index (Phi) is 8.37. The molecule has 0 spiro atoms. The van der Waals surface area contributed by atoms with Gasteiger partial charge in [-0.3, -0.25) is 14.5 Å². The topological polar surface area (TPSA) is 49.9 Å². The number of hydrogen-bond acceptors (Lipinski definition) is 4. The summed E-state index contributed by atoms with van der Waals surface area (Å²) in [7, 11) is 1.85. The van der Waals surface area contributed by atoms with E-state index >= 15 is 0 Å². The van der Waals surface area contributed by atoms with E-state index in [0.717, 1.165) is 13.1 Å². The van der Waals surface area contributed by atoms with Gasteiger partial charge in [0.15, 0.2) is 0 Å². The van der Waals surface area contributed by atoms with Gasteiger partial charge in [-0.25, -0.2) is 0 Å². The molecule has 0 heterocycles. The molecule has 0 radical (unpaired) electrons. The fraction of sp³-hybridized carbons (Fsp3) is 0.846. The summed E-state index contributed by atoms with van der Waals surface area (Å²) in [5.74, 6) is -0.120. The number of rotatable bonds is 8. The summed E-state index contributed by atoms with van der Waals surface area (Å²) in [6, 6.07) is 0.00330. The average molecular weight is 258 g/mol. The molecule has 18 heavy (non-hydrogen) atoms. The van der Waals surface area contributed by atoms with E-state index < -0.39 is 0 Å².